The molecule has 1 aliphatic rings. The smallest absolute Gasteiger partial charge is 0.115 e. The molecule has 0 saturated carbocycles. The van der Waals surface area contributed by atoms with Crippen LogP contribution in [0.3, 0.4) is 0 Å². The molecule has 1 atom stereocenters. The van der Waals surface area contributed by atoms with Crippen LogP contribution in [-0.2, 0) is 12.8 Å². The largest absolute Gasteiger partial charge is 0.302 e. The van der Waals surface area contributed by atoms with Crippen molar-refractivity contribution >= 4 is 27.3 Å². The molecule has 112 valence electrons. The highest BCUT2D eigenvalue weighted by molar-refractivity contribution is 9.10. The summed E-state index contributed by atoms with van der Waals surface area (Å²) in [5, 5.41) is 4.81. The average molecular weight is 366 g/mol. The van der Waals surface area contributed by atoms with E-state index in [1.54, 1.807) is 0 Å². The van der Waals surface area contributed by atoms with Crippen molar-refractivity contribution in [3.8, 4) is 0 Å². The Hall–Kier alpha value is -0.780. The van der Waals surface area contributed by atoms with E-state index in [9.17, 15) is 0 Å². The zero-order valence-corrected chi connectivity index (χ0v) is 14.8. The molecular weight excluding hydrogens is 346 g/mol. The Kier molecular flexibility index (Phi) is 4.72. The minimum atomic E-state index is 0.130. The fourth-order valence-electron chi connectivity index (χ4n) is 2.73. The van der Waals surface area contributed by atoms with Gasteiger partial charge in [0.05, 0.1) is 11.7 Å². The van der Waals surface area contributed by atoms with E-state index in [1.807, 2.05) is 23.7 Å². The van der Waals surface area contributed by atoms with Crippen LogP contribution >= 0.6 is 27.3 Å². The second kappa shape index (κ2) is 6.55. The highest BCUT2D eigenvalue weighted by Gasteiger charge is 2.23. The molecule has 2 aromatic rings. The quantitative estimate of drug-likeness (QED) is 0.878. The lowest BCUT2D eigenvalue weighted by molar-refractivity contribution is 0.524. The van der Waals surface area contributed by atoms with E-state index in [4.69, 9.17) is 4.98 Å². The molecule has 0 amide bonds. The summed E-state index contributed by atoms with van der Waals surface area (Å²) < 4.78 is 1.01. The van der Waals surface area contributed by atoms with Gasteiger partial charge in [0.1, 0.15) is 5.01 Å². The first-order valence-corrected chi connectivity index (χ1v) is 9.09. The van der Waals surface area contributed by atoms with Gasteiger partial charge in [0.25, 0.3) is 0 Å². The summed E-state index contributed by atoms with van der Waals surface area (Å²) >= 11 is 5.39. The van der Waals surface area contributed by atoms with Gasteiger partial charge in [-0.15, -0.1) is 11.3 Å². The SMILES string of the molecule is CC(C)NC(c1cncc(Br)c1)c1nc2c(s1)CCCC2. The minimum Gasteiger partial charge on any atom is -0.302 e. The van der Waals surface area contributed by atoms with Gasteiger partial charge in [0.2, 0.25) is 0 Å². The Balaban J connectivity index is 1.97. The van der Waals surface area contributed by atoms with Crippen molar-refractivity contribution in [2.24, 2.45) is 0 Å². The molecule has 21 heavy (non-hydrogen) atoms. The molecule has 1 aliphatic carbocycles. The van der Waals surface area contributed by atoms with E-state index in [0.717, 1.165) is 10.9 Å². The fourth-order valence-corrected chi connectivity index (χ4v) is 4.35. The Bertz CT molecular complexity index is 600. The van der Waals surface area contributed by atoms with E-state index in [0.29, 0.717) is 6.04 Å². The minimum absolute atomic E-state index is 0.130. The van der Waals surface area contributed by atoms with E-state index in [-0.39, 0.29) is 6.04 Å². The van der Waals surface area contributed by atoms with Gasteiger partial charge in [0.15, 0.2) is 0 Å². The number of nitrogens with one attached hydrogen (secondary N) is 1. The zero-order valence-electron chi connectivity index (χ0n) is 12.4. The Labute approximate surface area is 138 Å². The summed E-state index contributed by atoms with van der Waals surface area (Å²) in [4.78, 5) is 10.7. The highest BCUT2D eigenvalue weighted by atomic mass is 79.9. The molecule has 0 aromatic carbocycles. The van der Waals surface area contributed by atoms with Crippen LogP contribution in [0.25, 0.3) is 0 Å². The third kappa shape index (κ3) is 3.52. The number of hydrogen-bond donors (Lipinski definition) is 1. The van der Waals surface area contributed by atoms with Gasteiger partial charge in [-0.25, -0.2) is 4.98 Å². The maximum Gasteiger partial charge on any atom is 0.115 e. The molecule has 1 N–H and O–H groups in total. The molecule has 0 spiro atoms. The number of pyridine rings is 1. The lowest BCUT2D eigenvalue weighted by Gasteiger charge is -2.19. The molecule has 0 saturated heterocycles. The molecule has 3 rings (SSSR count). The molecule has 0 bridgehead atoms. The normalized spacial score (nSPS) is 16.0. The maximum absolute atomic E-state index is 4.92. The Morgan fingerprint density at radius 1 is 1.24 bits per heavy atom. The molecule has 2 aromatic heterocycles. The van der Waals surface area contributed by atoms with Crippen LogP contribution in [0.2, 0.25) is 0 Å². The van der Waals surface area contributed by atoms with Crippen molar-refractivity contribution in [2.45, 2.75) is 51.6 Å². The van der Waals surface area contributed by atoms with Crippen molar-refractivity contribution in [1.29, 1.82) is 0 Å². The number of hydrogen-bond acceptors (Lipinski definition) is 4. The van der Waals surface area contributed by atoms with E-state index in [1.165, 1.54) is 40.4 Å². The lowest BCUT2D eigenvalue weighted by atomic mass is 10.0. The monoisotopic (exact) mass is 365 g/mol. The van der Waals surface area contributed by atoms with Gasteiger partial charge in [-0.3, -0.25) is 4.98 Å². The highest BCUT2D eigenvalue weighted by Crippen LogP contribution is 2.33. The first-order chi connectivity index (χ1) is 10.1. The van der Waals surface area contributed by atoms with Gasteiger partial charge < -0.3 is 5.32 Å². The third-order valence-corrected chi connectivity index (χ3v) is 5.32. The number of aryl methyl sites for hydroxylation is 2. The topological polar surface area (TPSA) is 37.8 Å². The molecule has 0 fully saturated rings. The van der Waals surface area contributed by atoms with Gasteiger partial charge >= 0.3 is 0 Å². The Morgan fingerprint density at radius 2 is 2.05 bits per heavy atom. The number of halogens is 1. The van der Waals surface area contributed by atoms with Crippen molar-refractivity contribution in [2.75, 3.05) is 0 Å². The number of nitrogens with zero attached hydrogens (tertiary/aromatic N) is 2. The van der Waals surface area contributed by atoms with E-state index < -0.39 is 0 Å². The predicted octanol–water partition coefficient (Wildman–Crippen LogP) is 4.27. The molecule has 1 unspecified atom stereocenters. The second-order valence-electron chi connectivity index (χ2n) is 5.82. The Morgan fingerprint density at radius 3 is 2.76 bits per heavy atom. The summed E-state index contributed by atoms with van der Waals surface area (Å²) in [6.07, 6.45) is 8.66. The van der Waals surface area contributed by atoms with Gasteiger partial charge in [0, 0.05) is 27.8 Å². The van der Waals surface area contributed by atoms with Crippen molar-refractivity contribution < 1.29 is 0 Å². The van der Waals surface area contributed by atoms with Crippen LogP contribution in [0.5, 0.6) is 0 Å². The third-order valence-electron chi connectivity index (χ3n) is 3.67. The van der Waals surface area contributed by atoms with Crippen molar-refractivity contribution in [3.63, 3.8) is 0 Å². The molecule has 2 heterocycles. The van der Waals surface area contributed by atoms with E-state index >= 15 is 0 Å². The van der Waals surface area contributed by atoms with Crippen LogP contribution in [0.15, 0.2) is 22.9 Å². The summed E-state index contributed by atoms with van der Waals surface area (Å²) in [5.41, 5.74) is 2.49. The number of aromatic nitrogens is 2. The van der Waals surface area contributed by atoms with Crippen molar-refractivity contribution in [3.05, 3.63) is 44.1 Å². The number of fused-ring (bicyclic) bond motifs is 1. The van der Waals surface area contributed by atoms with Gasteiger partial charge in [-0.2, -0.15) is 0 Å². The van der Waals surface area contributed by atoms with Crippen LogP contribution in [0, 0.1) is 0 Å². The predicted molar refractivity (Wildman–Crippen MR) is 90.8 cm³/mol. The number of thiazole rings is 1. The molecule has 3 nitrogen and oxygen atoms in total. The van der Waals surface area contributed by atoms with Crippen LogP contribution in [0.4, 0.5) is 0 Å². The van der Waals surface area contributed by atoms with Crippen LogP contribution < -0.4 is 5.32 Å². The van der Waals surface area contributed by atoms with Gasteiger partial charge in [-0.05, 0) is 67.1 Å². The first-order valence-electron chi connectivity index (χ1n) is 7.48. The van der Waals surface area contributed by atoms with Crippen LogP contribution in [0.1, 0.15) is 53.9 Å². The fraction of sp³-hybridized carbons (Fsp3) is 0.500. The van der Waals surface area contributed by atoms with Crippen molar-refractivity contribution in [1.82, 2.24) is 15.3 Å². The number of rotatable bonds is 4. The summed E-state index contributed by atoms with van der Waals surface area (Å²) in [6.45, 7) is 4.35. The summed E-state index contributed by atoms with van der Waals surface area (Å²) in [6, 6.07) is 2.66. The molecule has 5 heteroatoms. The molecule has 0 aliphatic heterocycles. The average Bonchev–Trinajstić information content (AvgIpc) is 2.88. The molecule has 0 radical (unpaired) electrons. The molecular formula is C16H20BrN3S. The van der Waals surface area contributed by atoms with E-state index in [2.05, 4.69) is 46.1 Å². The van der Waals surface area contributed by atoms with Crippen LogP contribution in [-0.4, -0.2) is 16.0 Å². The van der Waals surface area contributed by atoms with Gasteiger partial charge in [-0.1, -0.05) is 0 Å². The standard InChI is InChI=1S/C16H20BrN3S/c1-10(2)19-15(11-7-12(17)9-18-8-11)16-20-13-5-3-4-6-14(13)21-16/h7-10,15,19H,3-6H2,1-2H3. The maximum atomic E-state index is 4.92. The first kappa shape index (κ1) is 15.1. The second-order valence-corrected chi connectivity index (χ2v) is 7.85. The zero-order chi connectivity index (χ0) is 14.8. The summed E-state index contributed by atoms with van der Waals surface area (Å²) in [5.74, 6) is 0. The summed E-state index contributed by atoms with van der Waals surface area (Å²) in [7, 11) is 0. The lowest BCUT2D eigenvalue weighted by Crippen LogP contribution is -2.29.